The number of hydrogen-bond acceptors (Lipinski definition) is 5. The maximum atomic E-state index is 12.1. The van der Waals surface area contributed by atoms with Crippen LogP contribution in [0.2, 0.25) is 0 Å². The van der Waals surface area contributed by atoms with Gasteiger partial charge in [0.05, 0.1) is 7.11 Å². The van der Waals surface area contributed by atoms with Gasteiger partial charge in [0.15, 0.2) is 5.56 Å². The SMILES string of the molecule is COC(=O)c1c(-c2ccccc2)noc1NCc1ccccc1. The molecule has 1 N–H and O–H groups in total. The Hall–Kier alpha value is -3.08. The molecule has 116 valence electrons. The number of carbonyl (C=O) groups excluding carboxylic acids is 1. The van der Waals surface area contributed by atoms with Crippen molar-refractivity contribution in [1.29, 1.82) is 0 Å². The molecular formula is C18H16N2O3. The molecule has 0 unspecified atom stereocenters. The molecule has 0 aliphatic heterocycles. The van der Waals surface area contributed by atoms with Crippen LogP contribution in [-0.2, 0) is 11.3 Å². The molecule has 23 heavy (non-hydrogen) atoms. The number of nitrogens with one attached hydrogen (secondary N) is 1. The third kappa shape index (κ3) is 3.23. The number of esters is 1. The van der Waals surface area contributed by atoms with Gasteiger partial charge in [-0.1, -0.05) is 65.8 Å². The lowest BCUT2D eigenvalue weighted by molar-refractivity contribution is 0.0602. The molecule has 5 heteroatoms. The van der Waals surface area contributed by atoms with Crippen LogP contribution in [0.25, 0.3) is 11.3 Å². The summed E-state index contributed by atoms with van der Waals surface area (Å²) in [5, 5.41) is 7.13. The highest BCUT2D eigenvalue weighted by Crippen LogP contribution is 2.29. The Labute approximate surface area is 133 Å². The van der Waals surface area contributed by atoms with E-state index in [0.717, 1.165) is 11.1 Å². The van der Waals surface area contributed by atoms with Crippen molar-refractivity contribution in [3.63, 3.8) is 0 Å². The Bertz CT molecular complexity index is 783. The first kappa shape index (κ1) is 14.8. The van der Waals surface area contributed by atoms with Gasteiger partial charge in [0.25, 0.3) is 0 Å². The second-order valence-corrected chi connectivity index (χ2v) is 4.93. The van der Waals surface area contributed by atoms with Crippen molar-refractivity contribution in [2.45, 2.75) is 6.54 Å². The minimum atomic E-state index is -0.485. The van der Waals surface area contributed by atoms with Crippen molar-refractivity contribution in [1.82, 2.24) is 5.16 Å². The topological polar surface area (TPSA) is 64.4 Å². The van der Waals surface area contributed by atoms with Crippen LogP contribution in [0.3, 0.4) is 0 Å². The summed E-state index contributed by atoms with van der Waals surface area (Å²) in [5.74, 6) is -0.180. The van der Waals surface area contributed by atoms with Gasteiger partial charge in [0, 0.05) is 12.1 Å². The Morgan fingerprint density at radius 2 is 1.74 bits per heavy atom. The van der Waals surface area contributed by atoms with Crippen LogP contribution in [0.1, 0.15) is 15.9 Å². The summed E-state index contributed by atoms with van der Waals surface area (Å²) >= 11 is 0. The Balaban J connectivity index is 1.91. The minimum absolute atomic E-state index is 0.301. The van der Waals surface area contributed by atoms with Crippen LogP contribution in [-0.4, -0.2) is 18.2 Å². The van der Waals surface area contributed by atoms with E-state index in [9.17, 15) is 4.79 Å². The molecule has 0 saturated heterocycles. The minimum Gasteiger partial charge on any atom is -0.465 e. The van der Waals surface area contributed by atoms with Crippen LogP contribution >= 0.6 is 0 Å². The maximum Gasteiger partial charge on any atom is 0.345 e. The van der Waals surface area contributed by atoms with E-state index in [0.29, 0.717) is 23.7 Å². The van der Waals surface area contributed by atoms with E-state index in [4.69, 9.17) is 9.26 Å². The van der Waals surface area contributed by atoms with Gasteiger partial charge >= 0.3 is 5.97 Å². The van der Waals surface area contributed by atoms with Gasteiger partial charge in [-0.05, 0) is 5.56 Å². The zero-order valence-electron chi connectivity index (χ0n) is 12.7. The van der Waals surface area contributed by atoms with E-state index >= 15 is 0 Å². The average Bonchev–Trinajstić information content (AvgIpc) is 3.05. The number of aromatic nitrogens is 1. The molecular weight excluding hydrogens is 292 g/mol. The highest BCUT2D eigenvalue weighted by Gasteiger charge is 2.24. The molecule has 0 aliphatic rings. The number of methoxy groups -OCH3 is 1. The van der Waals surface area contributed by atoms with Crippen LogP contribution in [0.4, 0.5) is 5.88 Å². The molecule has 1 aromatic heterocycles. The molecule has 0 atom stereocenters. The largest absolute Gasteiger partial charge is 0.465 e. The summed E-state index contributed by atoms with van der Waals surface area (Å²) in [6.45, 7) is 0.522. The lowest BCUT2D eigenvalue weighted by Gasteiger charge is -2.05. The summed E-state index contributed by atoms with van der Waals surface area (Å²) < 4.78 is 10.2. The normalized spacial score (nSPS) is 10.3. The van der Waals surface area contributed by atoms with Crippen molar-refractivity contribution in [3.8, 4) is 11.3 Å². The highest BCUT2D eigenvalue weighted by molar-refractivity contribution is 6.00. The van der Waals surface area contributed by atoms with Crippen molar-refractivity contribution in [2.75, 3.05) is 12.4 Å². The van der Waals surface area contributed by atoms with E-state index in [2.05, 4.69) is 10.5 Å². The molecule has 0 aliphatic carbocycles. The first-order valence-corrected chi connectivity index (χ1v) is 7.21. The zero-order chi connectivity index (χ0) is 16.1. The molecule has 5 nitrogen and oxygen atoms in total. The van der Waals surface area contributed by atoms with E-state index in [1.54, 1.807) is 0 Å². The lowest BCUT2D eigenvalue weighted by Crippen LogP contribution is -2.07. The van der Waals surface area contributed by atoms with E-state index in [1.165, 1.54) is 7.11 Å². The molecule has 0 saturated carbocycles. The molecule has 2 aromatic carbocycles. The summed E-state index contributed by atoms with van der Waals surface area (Å²) in [5.41, 5.74) is 2.63. The van der Waals surface area contributed by atoms with E-state index < -0.39 is 5.97 Å². The molecule has 3 aromatic rings. The molecule has 1 heterocycles. The predicted molar refractivity (Wildman–Crippen MR) is 87.0 cm³/mol. The molecule has 3 rings (SSSR count). The highest BCUT2D eigenvalue weighted by atomic mass is 16.5. The molecule has 0 amide bonds. The number of rotatable bonds is 5. The Morgan fingerprint density at radius 1 is 1.09 bits per heavy atom. The van der Waals surface area contributed by atoms with Crippen LogP contribution in [0, 0.1) is 0 Å². The van der Waals surface area contributed by atoms with Crippen molar-refractivity contribution >= 4 is 11.9 Å². The number of hydrogen-bond donors (Lipinski definition) is 1. The van der Waals surface area contributed by atoms with Gasteiger partial charge < -0.3 is 14.6 Å². The summed E-state index contributed by atoms with van der Waals surface area (Å²) in [7, 11) is 1.34. The van der Waals surface area contributed by atoms with Crippen molar-refractivity contribution < 1.29 is 14.1 Å². The Morgan fingerprint density at radius 3 is 2.39 bits per heavy atom. The fraction of sp³-hybridized carbons (Fsp3) is 0.111. The second kappa shape index (κ2) is 6.79. The van der Waals surface area contributed by atoms with Crippen LogP contribution < -0.4 is 5.32 Å². The number of anilines is 1. The number of nitrogens with zero attached hydrogens (tertiary/aromatic N) is 1. The van der Waals surface area contributed by atoms with E-state index in [1.807, 2.05) is 60.7 Å². The summed E-state index contributed by atoms with van der Waals surface area (Å²) in [6, 6.07) is 19.2. The van der Waals surface area contributed by atoms with Gasteiger partial charge in [0.1, 0.15) is 5.69 Å². The third-order valence-corrected chi connectivity index (χ3v) is 3.42. The average molecular weight is 308 g/mol. The van der Waals surface area contributed by atoms with Gasteiger partial charge in [-0.25, -0.2) is 4.79 Å². The number of benzene rings is 2. The molecule has 0 radical (unpaired) electrons. The van der Waals surface area contributed by atoms with Gasteiger partial charge in [-0.2, -0.15) is 0 Å². The second-order valence-electron chi connectivity index (χ2n) is 4.93. The third-order valence-electron chi connectivity index (χ3n) is 3.42. The Kier molecular flexibility index (Phi) is 4.38. The van der Waals surface area contributed by atoms with E-state index in [-0.39, 0.29) is 0 Å². The zero-order valence-corrected chi connectivity index (χ0v) is 12.7. The standard InChI is InChI=1S/C18H16N2O3/c1-22-18(21)15-16(14-10-6-3-7-11-14)20-23-17(15)19-12-13-8-4-2-5-9-13/h2-11,19H,12H2,1H3. The molecule has 0 bridgehead atoms. The first-order chi connectivity index (χ1) is 11.3. The summed E-state index contributed by atoms with van der Waals surface area (Å²) in [4.78, 5) is 12.1. The predicted octanol–water partition coefficient (Wildman–Crippen LogP) is 3.74. The van der Waals surface area contributed by atoms with Crippen molar-refractivity contribution in [3.05, 3.63) is 71.8 Å². The molecule has 0 fully saturated rings. The monoisotopic (exact) mass is 308 g/mol. The van der Waals surface area contributed by atoms with Gasteiger partial charge in [-0.15, -0.1) is 0 Å². The summed E-state index contributed by atoms with van der Waals surface area (Å²) in [6.07, 6.45) is 0. The maximum absolute atomic E-state index is 12.1. The quantitative estimate of drug-likeness (QED) is 0.727. The van der Waals surface area contributed by atoms with Crippen molar-refractivity contribution in [2.24, 2.45) is 0 Å². The van der Waals surface area contributed by atoms with Crippen LogP contribution in [0.15, 0.2) is 65.2 Å². The van der Waals surface area contributed by atoms with Gasteiger partial charge in [-0.3, -0.25) is 0 Å². The first-order valence-electron chi connectivity index (χ1n) is 7.21. The number of ether oxygens (including phenoxy) is 1. The number of carbonyl (C=O) groups is 1. The fourth-order valence-corrected chi connectivity index (χ4v) is 2.27. The van der Waals surface area contributed by atoms with Crippen LogP contribution in [0.5, 0.6) is 0 Å². The molecule has 0 spiro atoms. The smallest absolute Gasteiger partial charge is 0.345 e. The van der Waals surface area contributed by atoms with Gasteiger partial charge in [0.2, 0.25) is 5.88 Å². The lowest BCUT2D eigenvalue weighted by atomic mass is 10.1. The fourth-order valence-electron chi connectivity index (χ4n) is 2.27.